The Labute approximate surface area is 173 Å². The summed E-state index contributed by atoms with van der Waals surface area (Å²) in [4.78, 5) is 36.4. The van der Waals surface area contributed by atoms with Crippen LogP contribution >= 0.6 is 0 Å². The predicted octanol–water partition coefficient (Wildman–Crippen LogP) is 1.88. The van der Waals surface area contributed by atoms with E-state index >= 15 is 0 Å². The molecule has 0 fully saturated rings. The minimum atomic E-state index is -0.757. The van der Waals surface area contributed by atoms with Crippen LogP contribution in [0.2, 0.25) is 0 Å². The van der Waals surface area contributed by atoms with E-state index in [-0.39, 0.29) is 5.56 Å². The Balaban J connectivity index is 1.93. The summed E-state index contributed by atoms with van der Waals surface area (Å²) in [7, 11) is 5.79. The highest BCUT2D eigenvalue weighted by atomic mass is 16.5. The van der Waals surface area contributed by atoms with Crippen molar-refractivity contribution in [3.63, 3.8) is 0 Å². The van der Waals surface area contributed by atoms with Gasteiger partial charge in [-0.15, -0.1) is 0 Å². The fourth-order valence-electron chi connectivity index (χ4n) is 2.54. The summed E-state index contributed by atoms with van der Waals surface area (Å²) >= 11 is 0. The molecule has 1 amide bonds. The molecule has 0 saturated heterocycles. The van der Waals surface area contributed by atoms with Crippen molar-refractivity contribution in [2.75, 3.05) is 41.6 Å². The number of Topliss-reactive ketones (excluding diaryl/α,β-unsaturated/α-hetero) is 1. The van der Waals surface area contributed by atoms with Gasteiger partial charge in [0.15, 0.2) is 23.9 Å². The molecule has 9 nitrogen and oxygen atoms in total. The minimum absolute atomic E-state index is 0.199. The summed E-state index contributed by atoms with van der Waals surface area (Å²) in [6, 6.07) is 9.39. The molecule has 0 aliphatic heterocycles. The van der Waals surface area contributed by atoms with Crippen LogP contribution in [-0.4, -0.2) is 59.3 Å². The normalized spacial score (nSPS) is 10.0. The number of amides is 1. The van der Waals surface area contributed by atoms with Crippen molar-refractivity contribution in [1.82, 2.24) is 5.32 Å². The lowest BCUT2D eigenvalue weighted by atomic mass is 10.1. The minimum Gasteiger partial charge on any atom is -0.497 e. The molecule has 0 unspecified atom stereocenters. The number of ketones is 1. The molecular weight excluding hydrogens is 394 g/mol. The van der Waals surface area contributed by atoms with Gasteiger partial charge in [-0.3, -0.25) is 14.4 Å². The van der Waals surface area contributed by atoms with Gasteiger partial charge in [0, 0.05) is 11.1 Å². The maximum Gasteiger partial charge on any atom is 0.325 e. The van der Waals surface area contributed by atoms with E-state index in [0.717, 1.165) is 0 Å². The number of nitrogens with one attached hydrogen (secondary N) is 1. The molecule has 0 aliphatic carbocycles. The molecule has 0 saturated carbocycles. The Kier molecular flexibility index (Phi) is 8.04. The van der Waals surface area contributed by atoms with Crippen LogP contribution < -0.4 is 24.3 Å². The van der Waals surface area contributed by atoms with Crippen LogP contribution in [0.4, 0.5) is 0 Å². The van der Waals surface area contributed by atoms with Gasteiger partial charge < -0.3 is 29.0 Å². The zero-order valence-electron chi connectivity index (χ0n) is 17.1. The van der Waals surface area contributed by atoms with E-state index < -0.39 is 30.8 Å². The first-order valence-electron chi connectivity index (χ1n) is 8.84. The van der Waals surface area contributed by atoms with E-state index in [0.29, 0.717) is 28.6 Å². The number of hydrogen-bond donors (Lipinski definition) is 1. The third-order valence-corrected chi connectivity index (χ3v) is 4.08. The van der Waals surface area contributed by atoms with Crippen molar-refractivity contribution in [2.45, 2.75) is 0 Å². The molecule has 0 aliphatic rings. The molecule has 0 radical (unpaired) electrons. The summed E-state index contributed by atoms with van der Waals surface area (Å²) in [5.74, 6) is -0.241. The lowest BCUT2D eigenvalue weighted by molar-refractivity contribution is -0.141. The fourth-order valence-corrected chi connectivity index (χ4v) is 2.54. The van der Waals surface area contributed by atoms with Crippen LogP contribution in [0.5, 0.6) is 23.0 Å². The highest BCUT2D eigenvalue weighted by molar-refractivity contribution is 5.99. The second-order valence-corrected chi connectivity index (χ2v) is 5.91. The molecule has 2 rings (SSSR count). The van der Waals surface area contributed by atoms with Crippen LogP contribution in [0, 0.1) is 0 Å². The topological polar surface area (TPSA) is 109 Å². The molecule has 0 atom stereocenters. The lowest BCUT2D eigenvalue weighted by Gasteiger charge is -2.14. The number of carbonyl (C=O) groups excluding carboxylic acids is 3. The molecule has 30 heavy (non-hydrogen) atoms. The molecule has 1 N–H and O–H groups in total. The van der Waals surface area contributed by atoms with E-state index in [2.05, 4.69) is 5.32 Å². The number of methoxy groups -OCH3 is 4. The SMILES string of the molecule is COc1cccc(C(=O)COC(=O)CNC(=O)c2cc(OC)c(OC)c(OC)c2)c1. The van der Waals surface area contributed by atoms with Crippen LogP contribution in [0.15, 0.2) is 36.4 Å². The second kappa shape index (κ2) is 10.7. The summed E-state index contributed by atoms with van der Waals surface area (Å²) in [5.41, 5.74) is 0.549. The van der Waals surface area contributed by atoms with Crippen LogP contribution in [-0.2, 0) is 9.53 Å². The maximum atomic E-state index is 12.4. The van der Waals surface area contributed by atoms with Crippen LogP contribution in [0.25, 0.3) is 0 Å². The smallest absolute Gasteiger partial charge is 0.325 e. The van der Waals surface area contributed by atoms with Gasteiger partial charge in [0.25, 0.3) is 5.91 Å². The van der Waals surface area contributed by atoms with Gasteiger partial charge in [-0.2, -0.15) is 0 Å². The average molecular weight is 417 g/mol. The maximum absolute atomic E-state index is 12.4. The van der Waals surface area contributed by atoms with E-state index in [1.54, 1.807) is 24.3 Å². The van der Waals surface area contributed by atoms with Crippen molar-refractivity contribution in [2.24, 2.45) is 0 Å². The molecule has 0 bridgehead atoms. The first kappa shape index (κ1) is 22.5. The number of hydrogen-bond acceptors (Lipinski definition) is 8. The Bertz CT molecular complexity index is 900. The van der Waals surface area contributed by atoms with Gasteiger partial charge in [0.2, 0.25) is 5.75 Å². The summed E-state index contributed by atoms with van der Waals surface area (Å²) in [6.07, 6.45) is 0. The van der Waals surface area contributed by atoms with E-state index in [9.17, 15) is 14.4 Å². The molecule has 0 spiro atoms. The van der Waals surface area contributed by atoms with E-state index in [4.69, 9.17) is 23.7 Å². The van der Waals surface area contributed by atoms with Crippen molar-refractivity contribution in [3.05, 3.63) is 47.5 Å². The van der Waals surface area contributed by atoms with Crippen LogP contribution in [0.3, 0.4) is 0 Å². The van der Waals surface area contributed by atoms with Crippen LogP contribution in [0.1, 0.15) is 20.7 Å². The predicted molar refractivity (Wildman–Crippen MR) is 107 cm³/mol. The molecule has 2 aromatic rings. The van der Waals surface area contributed by atoms with Gasteiger partial charge in [0.1, 0.15) is 12.3 Å². The summed E-state index contributed by atoms with van der Waals surface area (Å²) in [6.45, 7) is -0.868. The zero-order chi connectivity index (χ0) is 22.1. The fraction of sp³-hybridized carbons (Fsp3) is 0.286. The Hall–Kier alpha value is -3.75. The van der Waals surface area contributed by atoms with Gasteiger partial charge >= 0.3 is 5.97 Å². The third-order valence-electron chi connectivity index (χ3n) is 4.08. The second-order valence-electron chi connectivity index (χ2n) is 5.91. The van der Waals surface area contributed by atoms with Gasteiger partial charge in [-0.25, -0.2) is 0 Å². The van der Waals surface area contributed by atoms with Gasteiger partial charge in [0.05, 0.1) is 28.4 Å². The number of carbonyl (C=O) groups is 3. The molecule has 2 aromatic carbocycles. The number of rotatable bonds is 10. The first-order valence-corrected chi connectivity index (χ1v) is 8.84. The number of ether oxygens (including phenoxy) is 5. The highest BCUT2D eigenvalue weighted by Gasteiger charge is 2.18. The monoisotopic (exact) mass is 417 g/mol. The van der Waals surface area contributed by atoms with Gasteiger partial charge in [-0.05, 0) is 24.3 Å². The van der Waals surface area contributed by atoms with Crippen molar-refractivity contribution in [3.8, 4) is 23.0 Å². The Morgan fingerprint density at radius 3 is 2.07 bits per heavy atom. The van der Waals surface area contributed by atoms with Crippen molar-refractivity contribution in [1.29, 1.82) is 0 Å². The number of esters is 1. The van der Waals surface area contributed by atoms with Gasteiger partial charge in [-0.1, -0.05) is 12.1 Å². The third kappa shape index (κ3) is 5.63. The lowest BCUT2D eigenvalue weighted by Crippen LogP contribution is -2.31. The molecule has 160 valence electrons. The largest absolute Gasteiger partial charge is 0.497 e. The first-order chi connectivity index (χ1) is 14.4. The molecular formula is C21H23NO8. The molecule has 0 aromatic heterocycles. The Morgan fingerprint density at radius 1 is 0.833 bits per heavy atom. The van der Waals surface area contributed by atoms with E-state index in [1.807, 2.05) is 0 Å². The highest BCUT2D eigenvalue weighted by Crippen LogP contribution is 2.38. The van der Waals surface area contributed by atoms with Crippen molar-refractivity contribution >= 4 is 17.7 Å². The molecule has 9 heteroatoms. The summed E-state index contributed by atoms with van der Waals surface area (Å²) < 4.78 is 25.6. The Morgan fingerprint density at radius 2 is 1.50 bits per heavy atom. The standard InChI is InChI=1S/C21H23NO8/c1-26-15-7-5-6-13(8-15)16(23)12-30-19(24)11-22-21(25)14-9-17(27-2)20(29-4)18(10-14)28-3/h5-10H,11-12H2,1-4H3,(H,22,25). The van der Waals surface area contributed by atoms with Crippen molar-refractivity contribution < 1.29 is 38.1 Å². The summed E-state index contributed by atoms with van der Waals surface area (Å²) in [5, 5.41) is 2.42. The zero-order valence-corrected chi connectivity index (χ0v) is 17.1. The van der Waals surface area contributed by atoms with E-state index in [1.165, 1.54) is 40.6 Å². The number of benzene rings is 2. The molecule has 0 heterocycles. The average Bonchev–Trinajstić information content (AvgIpc) is 2.79. The quantitative estimate of drug-likeness (QED) is 0.461.